The number of carboxylic acid groups (broad SMARTS) is 1. The predicted octanol–water partition coefficient (Wildman–Crippen LogP) is 3.30. The van der Waals surface area contributed by atoms with Crippen molar-refractivity contribution >= 4 is 5.97 Å². The lowest BCUT2D eigenvalue weighted by molar-refractivity contribution is -0.137. The maximum absolute atomic E-state index is 12.7. The largest absolute Gasteiger partial charge is 0.507 e. The molecule has 18 heavy (non-hydrogen) atoms. The molecule has 2 rings (SSSR count). The van der Waals surface area contributed by atoms with Crippen LogP contribution in [0.2, 0.25) is 0 Å². The molecule has 1 aliphatic rings. The Balaban J connectivity index is 2.29. The summed E-state index contributed by atoms with van der Waals surface area (Å²) in [6, 6.07) is 3.98. The molecule has 0 aliphatic heterocycles. The Morgan fingerprint density at radius 3 is 2.56 bits per heavy atom. The number of carboxylic acids is 1. The van der Waals surface area contributed by atoms with E-state index in [4.69, 9.17) is 5.11 Å². The number of halogens is 2. The fraction of sp³-hybridized carbons (Fsp3) is 0.462. The average molecular weight is 256 g/mol. The summed E-state index contributed by atoms with van der Waals surface area (Å²) in [6.07, 6.45) is -0.946. The van der Waals surface area contributed by atoms with Crippen molar-refractivity contribution in [3.8, 4) is 5.75 Å². The van der Waals surface area contributed by atoms with Gasteiger partial charge in [0.25, 0.3) is 6.43 Å². The molecule has 2 N–H and O–H groups in total. The van der Waals surface area contributed by atoms with Gasteiger partial charge in [-0.2, -0.15) is 0 Å². The van der Waals surface area contributed by atoms with Crippen LogP contribution in [-0.2, 0) is 4.79 Å². The fourth-order valence-electron chi connectivity index (χ4n) is 2.22. The summed E-state index contributed by atoms with van der Waals surface area (Å²) in [5, 5.41) is 18.2. The van der Waals surface area contributed by atoms with Gasteiger partial charge in [-0.25, -0.2) is 8.78 Å². The molecule has 0 heterocycles. The first-order chi connectivity index (χ1) is 8.49. The summed E-state index contributed by atoms with van der Waals surface area (Å²) >= 11 is 0. The predicted molar refractivity (Wildman–Crippen MR) is 60.8 cm³/mol. The highest BCUT2D eigenvalue weighted by atomic mass is 19.3. The van der Waals surface area contributed by atoms with Crippen LogP contribution in [0.5, 0.6) is 5.75 Å². The zero-order valence-corrected chi connectivity index (χ0v) is 9.64. The molecule has 3 nitrogen and oxygen atoms in total. The Hall–Kier alpha value is -1.65. The molecule has 0 radical (unpaired) electrons. The fourth-order valence-corrected chi connectivity index (χ4v) is 2.22. The van der Waals surface area contributed by atoms with Crippen molar-refractivity contribution < 1.29 is 23.8 Å². The molecule has 1 aromatic rings. The van der Waals surface area contributed by atoms with Crippen molar-refractivity contribution in [2.24, 2.45) is 5.92 Å². The molecule has 0 bridgehead atoms. The number of phenolic OH excluding ortho intramolecular Hbond substituents is 1. The van der Waals surface area contributed by atoms with Crippen molar-refractivity contribution in [1.82, 2.24) is 0 Å². The first-order valence-corrected chi connectivity index (χ1v) is 5.81. The van der Waals surface area contributed by atoms with E-state index in [9.17, 15) is 18.7 Å². The quantitative estimate of drug-likeness (QED) is 0.849. The standard InChI is InChI=1S/C13H14F2O3/c14-13(15)10-5-8(3-4-11(10)16)9(6-12(17)18)7-1-2-7/h3-5,7,9,13,16H,1-2,6H2,(H,17,18). The van der Waals surface area contributed by atoms with E-state index in [-0.39, 0.29) is 18.3 Å². The van der Waals surface area contributed by atoms with Gasteiger partial charge in [0, 0.05) is 0 Å². The van der Waals surface area contributed by atoms with Crippen LogP contribution in [0, 0.1) is 5.92 Å². The molecule has 1 unspecified atom stereocenters. The number of hydrogen-bond donors (Lipinski definition) is 2. The van der Waals surface area contributed by atoms with Crippen LogP contribution in [0.1, 0.15) is 42.7 Å². The highest BCUT2D eigenvalue weighted by Crippen LogP contribution is 2.45. The van der Waals surface area contributed by atoms with E-state index in [1.165, 1.54) is 18.2 Å². The Morgan fingerprint density at radius 1 is 1.39 bits per heavy atom. The van der Waals surface area contributed by atoms with E-state index in [2.05, 4.69) is 0 Å². The summed E-state index contributed by atoms with van der Waals surface area (Å²) in [5.74, 6) is -1.35. The van der Waals surface area contributed by atoms with E-state index in [0.717, 1.165) is 12.8 Å². The maximum Gasteiger partial charge on any atom is 0.303 e. The average Bonchev–Trinajstić information content (AvgIpc) is 3.10. The van der Waals surface area contributed by atoms with Gasteiger partial charge in [0.2, 0.25) is 0 Å². The molecular weight excluding hydrogens is 242 g/mol. The number of phenols is 1. The van der Waals surface area contributed by atoms with E-state index in [1.54, 1.807) is 0 Å². The summed E-state index contributed by atoms with van der Waals surface area (Å²) < 4.78 is 25.3. The van der Waals surface area contributed by atoms with Crippen LogP contribution in [0.3, 0.4) is 0 Å². The van der Waals surface area contributed by atoms with Crippen molar-refractivity contribution in [2.45, 2.75) is 31.6 Å². The molecule has 0 spiro atoms. The van der Waals surface area contributed by atoms with Gasteiger partial charge in [0.05, 0.1) is 12.0 Å². The van der Waals surface area contributed by atoms with Gasteiger partial charge in [0.15, 0.2) is 0 Å². The molecule has 0 amide bonds. The number of carbonyl (C=O) groups is 1. The molecule has 1 atom stereocenters. The smallest absolute Gasteiger partial charge is 0.303 e. The highest BCUT2D eigenvalue weighted by molar-refractivity contribution is 5.68. The number of benzene rings is 1. The second-order valence-corrected chi connectivity index (χ2v) is 4.66. The molecule has 0 saturated heterocycles. The molecule has 0 aromatic heterocycles. The van der Waals surface area contributed by atoms with Crippen LogP contribution in [0.25, 0.3) is 0 Å². The van der Waals surface area contributed by atoms with Gasteiger partial charge < -0.3 is 10.2 Å². The van der Waals surface area contributed by atoms with Crippen LogP contribution >= 0.6 is 0 Å². The second-order valence-electron chi connectivity index (χ2n) is 4.66. The van der Waals surface area contributed by atoms with Gasteiger partial charge in [-0.1, -0.05) is 6.07 Å². The zero-order chi connectivity index (χ0) is 13.3. The van der Waals surface area contributed by atoms with Gasteiger partial charge in [0.1, 0.15) is 5.75 Å². The van der Waals surface area contributed by atoms with Gasteiger partial charge in [-0.05, 0) is 42.4 Å². The first-order valence-electron chi connectivity index (χ1n) is 5.81. The molecule has 1 saturated carbocycles. The van der Waals surface area contributed by atoms with Crippen molar-refractivity contribution in [2.75, 3.05) is 0 Å². The summed E-state index contributed by atoms with van der Waals surface area (Å²) in [7, 11) is 0. The highest BCUT2D eigenvalue weighted by Gasteiger charge is 2.34. The van der Waals surface area contributed by atoms with Gasteiger partial charge in [-0.3, -0.25) is 4.79 Å². The SMILES string of the molecule is O=C(O)CC(c1ccc(O)c(C(F)F)c1)C1CC1. The minimum atomic E-state index is -2.75. The van der Waals surface area contributed by atoms with E-state index < -0.39 is 23.7 Å². The zero-order valence-electron chi connectivity index (χ0n) is 9.64. The Morgan fingerprint density at radius 2 is 2.06 bits per heavy atom. The van der Waals surface area contributed by atoms with Crippen LogP contribution < -0.4 is 0 Å². The topological polar surface area (TPSA) is 57.5 Å². The van der Waals surface area contributed by atoms with Crippen molar-refractivity contribution in [1.29, 1.82) is 0 Å². The van der Waals surface area contributed by atoms with Crippen LogP contribution in [-0.4, -0.2) is 16.2 Å². The second kappa shape index (κ2) is 4.92. The minimum Gasteiger partial charge on any atom is -0.507 e. The molecule has 1 fully saturated rings. The van der Waals surface area contributed by atoms with Crippen LogP contribution in [0.4, 0.5) is 8.78 Å². The summed E-state index contributed by atoms with van der Waals surface area (Å²) in [4.78, 5) is 10.8. The maximum atomic E-state index is 12.7. The Bertz CT molecular complexity index is 456. The number of hydrogen-bond acceptors (Lipinski definition) is 2. The lowest BCUT2D eigenvalue weighted by Crippen LogP contribution is -2.08. The monoisotopic (exact) mass is 256 g/mol. The normalized spacial score (nSPS) is 16.8. The Kier molecular flexibility index (Phi) is 3.50. The third kappa shape index (κ3) is 2.78. The first kappa shape index (κ1) is 12.8. The lowest BCUT2D eigenvalue weighted by atomic mass is 9.90. The number of rotatable bonds is 5. The van der Waals surface area contributed by atoms with Crippen molar-refractivity contribution in [3.63, 3.8) is 0 Å². The minimum absolute atomic E-state index is 0.0574. The molecule has 1 aliphatic carbocycles. The summed E-state index contributed by atoms with van der Waals surface area (Å²) in [6.45, 7) is 0. The molecular formula is C13H14F2O3. The molecule has 98 valence electrons. The molecule has 5 heteroatoms. The van der Waals surface area contributed by atoms with Gasteiger partial charge in [-0.15, -0.1) is 0 Å². The lowest BCUT2D eigenvalue weighted by Gasteiger charge is -2.16. The Labute approximate surface area is 103 Å². The molecule has 1 aromatic carbocycles. The number of aromatic hydroxyl groups is 1. The van der Waals surface area contributed by atoms with Crippen molar-refractivity contribution in [3.05, 3.63) is 29.3 Å². The van der Waals surface area contributed by atoms with Crippen LogP contribution in [0.15, 0.2) is 18.2 Å². The third-order valence-electron chi connectivity index (χ3n) is 3.30. The third-order valence-corrected chi connectivity index (χ3v) is 3.30. The van der Waals surface area contributed by atoms with E-state index >= 15 is 0 Å². The number of aliphatic carboxylic acids is 1. The van der Waals surface area contributed by atoms with Gasteiger partial charge >= 0.3 is 5.97 Å². The summed E-state index contributed by atoms with van der Waals surface area (Å²) in [5.41, 5.74) is 0.150. The van der Waals surface area contributed by atoms with E-state index in [0.29, 0.717) is 5.56 Å². The van der Waals surface area contributed by atoms with E-state index in [1.807, 2.05) is 0 Å². The number of alkyl halides is 2.